The normalized spacial score (nSPS) is 15.2. The Labute approximate surface area is 225 Å². The average molecular weight is 613 g/mol. The summed E-state index contributed by atoms with van der Waals surface area (Å²) in [5, 5.41) is 3.18. The molecule has 37 heavy (non-hydrogen) atoms. The standard InChI is InChI=1S/C27H25FIN5O3/c1-15-23-22(24(31(2)25(15)35)30-21-10-7-16(29)13-20(21)28)26(36)34(17-8-9-17)27(37)33(23)19-6-3-5-18(14-19)32-11-4-12-32/h3,5-7,10,13-14,17,30H,4,8-9,11-12H2,1-2H3. The van der Waals surface area contributed by atoms with Crippen molar-refractivity contribution in [2.45, 2.75) is 32.2 Å². The number of pyridine rings is 1. The lowest BCUT2D eigenvalue weighted by atomic mass is 10.1. The highest BCUT2D eigenvalue weighted by Gasteiger charge is 2.32. The van der Waals surface area contributed by atoms with Crippen LogP contribution in [0.25, 0.3) is 16.6 Å². The summed E-state index contributed by atoms with van der Waals surface area (Å²) in [5.74, 6) is -0.357. The van der Waals surface area contributed by atoms with E-state index in [4.69, 9.17) is 0 Å². The summed E-state index contributed by atoms with van der Waals surface area (Å²) in [7, 11) is 1.54. The van der Waals surface area contributed by atoms with E-state index < -0.39 is 17.1 Å². The summed E-state index contributed by atoms with van der Waals surface area (Å²) < 4.78 is 19.6. The Bertz CT molecular complexity index is 1770. The highest BCUT2D eigenvalue weighted by molar-refractivity contribution is 14.1. The van der Waals surface area contributed by atoms with Crippen molar-refractivity contribution in [2.24, 2.45) is 7.05 Å². The van der Waals surface area contributed by atoms with Crippen molar-refractivity contribution in [3.63, 3.8) is 0 Å². The SMILES string of the molecule is Cc1c(=O)n(C)c(Nc2ccc(I)cc2F)c2c(=O)n(C3CC3)c(=O)n(-c3cccc(N4CCC4)c3)c12. The van der Waals surface area contributed by atoms with Crippen LogP contribution in [0.3, 0.4) is 0 Å². The lowest BCUT2D eigenvalue weighted by Gasteiger charge is -2.33. The van der Waals surface area contributed by atoms with Crippen molar-refractivity contribution in [3.05, 3.63) is 88.6 Å². The van der Waals surface area contributed by atoms with E-state index in [-0.39, 0.29) is 39.6 Å². The third-order valence-electron chi connectivity index (χ3n) is 7.25. The first kappa shape index (κ1) is 24.0. The number of halogens is 2. The lowest BCUT2D eigenvalue weighted by molar-refractivity contribution is 0.617. The van der Waals surface area contributed by atoms with Crippen LogP contribution >= 0.6 is 22.6 Å². The van der Waals surface area contributed by atoms with Crippen molar-refractivity contribution in [3.8, 4) is 5.69 Å². The zero-order valence-corrected chi connectivity index (χ0v) is 22.6. The van der Waals surface area contributed by atoms with E-state index in [2.05, 4.69) is 10.2 Å². The summed E-state index contributed by atoms with van der Waals surface area (Å²) in [6, 6.07) is 12.1. The summed E-state index contributed by atoms with van der Waals surface area (Å²) in [4.78, 5) is 43.4. The zero-order valence-electron chi connectivity index (χ0n) is 20.4. The molecule has 0 spiro atoms. The fraction of sp³-hybridized carbons (Fsp3) is 0.296. The van der Waals surface area contributed by atoms with Gasteiger partial charge >= 0.3 is 5.69 Å². The summed E-state index contributed by atoms with van der Waals surface area (Å²) >= 11 is 2.02. The lowest BCUT2D eigenvalue weighted by Crippen LogP contribution is -2.41. The molecule has 2 aromatic heterocycles. The van der Waals surface area contributed by atoms with Crippen LogP contribution in [0.4, 0.5) is 21.6 Å². The molecule has 1 saturated carbocycles. The van der Waals surface area contributed by atoms with Crippen LogP contribution in [0.5, 0.6) is 0 Å². The number of fused-ring (bicyclic) bond motifs is 1. The van der Waals surface area contributed by atoms with Gasteiger partial charge in [-0.2, -0.15) is 0 Å². The van der Waals surface area contributed by atoms with Crippen LogP contribution in [0.1, 0.15) is 30.9 Å². The van der Waals surface area contributed by atoms with Gasteiger partial charge in [0, 0.05) is 41.0 Å². The summed E-state index contributed by atoms with van der Waals surface area (Å²) in [6.07, 6.45) is 2.57. The highest BCUT2D eigenvalue weighted by Crippen LogP contribution is 2.34. The van der Waals surface area contributed by atoms with Crippen LogP contribution in [-0.4, -0.2) is 26.8 Å². The first-order valence-electron chi connectivity index (χ1n) is 12.2. The van der Waals surface area contributed by atoms with E-state index in [1.54, 1.807) is 26.1 Å². The number of aromatic nitrogens is 3. The van der Waals surface area contributed by atoms with Crippen LogP contribution in [-0.2, 0) is 7.05 Å². The Morgan fingerprint density at radius 2 is 1.73 bits per heavy atom. The van der Waals surface area contributed by atoms with Crippen LogP contribution < -0.4 is 27.0 Å². The second-order valence-corrected chi connectivity index (χ2v) is 10.9. The van der Waals surface area contributed by atoms with E-state index in [0.29, 0.717) is 5.69 Å². The third kappa shape index (κ3) is 3.89. The smallest absolute Gasteiger partial charge is 0.336 e. The maximum atomic E-state index is 14.8. The molecule has 1 aliphatic carbocycles. The molecule has 1 N–H and O–H groups in total. The topological polar surface area (TPSA) is 81.3 Å². The molecule has 3 heterocycles. The highest BCUT2D eigenvalue weighted by atomic mass is 127. The van der Waals surface area contributed by atoms with Gasteiger partial charge in [-0.3, -0.25) is 23.3 Å². The van der Waals surface area contributed by atoms with E-state index in [9.17, 15) is 18.8 Å². The largest absolute Gasteiger partial charge is 0.371 e. The number of anilines is 3. The van der Waals surface area contributed by atoms with Gasteiger partial charge in [0.05, 0.1) is 16.9 Å². The van der Waals surface area contributed by atoms with Crippen molar-refractivity contribution >= 4 is 50.7 Å². The van der Waals surface area contributed by atoms with Gasteiger partial charge in [-0.15, -0.1) is 0 Å². The van der Waals surface area contributed by atoms with Gasteiger partial charge < -0.3 is 10.2 Å². The van der Waals surface area contributed by atoms with Gasteiger partial charge in [0.2, 0.25) is 0 Å². The molecule has 0 amide bonds. The molecule has 0 bridgehead atoms. The predicted molar refractivity (Wildman–Crippen MR) is 151 cm³/mol. The Balaban J connectivity index is 1.71. The Hall–Kier alpha value is -3.41. The van der Waals surface area contributed by atoms with Gasteiger partial charge in [-0.05, 0) is 85.2 Å². The minimum Gasteiger partial charge on any atom is -0.371 e. The number of hydrogen-bond donors (Lipinski definition) is 1. The monoisotopic (exact) mass is 613 g/mol. The van der Waals surface area contributed by atoms with Gasteiger partial charge in [-0.25, -0.2) is 9.18 Å². The Morgan fingerprint density at radius 3 is 2.38 bits per heavy atom. The molecular formula is C27H25FIN5O3. The number of aryl methyl sites for hydroxylation is 1. The minimum absolute atomic E-state index is 0.135. The molecule has 8 nitrogen and oxygen atoms in total. The number of nitrogens with zero attached hydrogens (tertiary/aromatic N) is 4. The van der Waals surface area contributed by atoms with Crippen molar-refractivity contribution in [2.75, 3.05) is 23.3 Å². The fourth-order valence-electron chi connectivity index (χ4n) is 4.98. The van der Waals surface area contributed by atoms with Crippen molar-refractivity contribution in [1.82, 2.24) is 13.7 Å². The number of nitrogens with one attached hydrogen (secondary N) is 1. The van der Waals surface area contributed by atoms with Gasteiger partial charge in [-0.1, -0.05) is 6.07 Å². The van der Waals surface area contributed by atoms with Gasteiger partial charge in [0.25, 0.3) is 11.1 Å². The molecule has 0 atom stereocenters. The average Bonchev–Trinajstić information content (AvgIpc) is 3.66. The summed E-state index contributed by atoms with van der Waals surface area (Å²) in [5.41, 5.74) is 0.882. The molecule has 190 valence electrons. The molecule has 1 aliphatic heterocycles. The fourth-order valence-corrected chi connectivity index (χ4v) is 5.43. The molecule has 2 fully saturated rings. The minimum atomic E-state index is -0.508. The molecule has 1 saturated heterocycles. The zero-order chi connectivity index (χ0) is 26.0. The molecule has 0 radical (unpaired) electrons. The molecule has 6 rings (SSSR count). The molecule has 2 aromatic carbocycles. The van der Waals surface area contributed by atoms with E-state index in [1.807, 2.05) is 46.9 Å². The predicted octanol–water partition coefficient (Wildman–Crippen LogP) is 4.19. The quantitative estimate of drug-likeness (QED) is 0.342. The van der Waals surface area contributed by atoms with E-state index in [0.717, 1.165) is 41.6 Å². The van der Waals surface area contributed by atoms with Gasteiger partial charge in [0.1, 0.15) is 17.0 Å². The number of hydrogen-bond acceptors (Lipinski definition) is 5. The van der Waals surface area contributed by atoms with Crippen LogP contribution in [0.2, 0.25) is 0 Å². The second kappa shape index (κ2) is 8.86. The molecule has 4 aromatic rings. The van der Waals surface area contributed by atoms with Crippen molar-refractivity contribution in [1.29, 1.82) is 0 Å². The van der Waals surface area contributed by atoms with Crippen molar-refractivity contribution < 1.29 is 4.39 Å². The van der Waals surface area contributed by atoms with Crippen LogP contribution in [0.15, 0.2) is 56.8 Å². The second-order valence-electron chi connectivity index (χ2n) is 9.70. The van der Waals surface area contributed by atoms with E-state index >= 15 is 0 Å². The maximum Gasteiger partial charge on any atom is 0.336 e. The molecule has 2 aliphatic rings. The molecule has 0 unspecified atom stereocenters. The molecule has 10 heteroatoms. The molecular weight excluding hydrogens is 588 g/mol. The number of rotatable bonds is 5. The summed E-state index contributed by atoms with van der Waals surface area (Å²) in [6.45, 7) is 3.50. The van der Waals surface area contributed by atoms with Gasteiger partial charge in [0.15, 0.2) is 0 Å². The van der Waals surface area contributed by atoms with Crippen LogP contribution in [0, 0.1) is 16.3 Å². The first-order valence-corrected chi connectivity index (χ1v) is 13.3. The maximum absolute atomic E-state index is 14.8. The Morgan fingerprint density at radius 1 is 1.00 bits per heavy atom. The number of benzene rings is 2. The van der Waals surface area contributed by atoms with E-state index in [1.165, 1.54) is 19.8 Å². The Kier molecular flexibility index (Phi) is 5.74. The third-order valence-corrected chi connectivity index (χ3v) is 7.92. The first-order chi connectivity index (χ1) is 17.8.